The van der Waals surface area contributed by atoms with Gasteiger partial charge in [-0.3, -0.25) is 0 Å². The average Bonchev–Trinajstić information content (AvgIpc) is 2.18. The summed E-state index contributed by atoms with van der Waals surface area (Å²) in [5, 5.41) is -0.163. The van der Waals surface area contributed by atoms with Gasteiger partial charge in [-0.2, -0.15) is 4.99 Å². The van der Waals surface area contributed by atoms with Crippen molar-refractivity contribution in [3.63, 3.8) is 0 Å². The molecule has 1 aliphatic carbocycles. The van der Waals surface area contributed by atoms with Gasteiger partial charge in [0.2, 0.25) is 6.08 Å². The van der Waals surface area contributed by atoms with Crippen LogP contribution in [0.4, 0.5) is 8.78 Å². The molecule has 0 unspecified atom stereocenters. The van der Waals surface area contributed by atoms with Crippen LogP contribution in [0.3, 0.4) is 0 Å². The smallest absolute Gasteiger partial charge is 0.211 e. The van der Waals surface area contributed by atoms with Gasteiger partial charge in [0.15, 0.2) is 0 Å². The highest BCUT2D eigenvalue weighted by Gasteiger charge is 2.41. The van der Waals surface area contributed by atoms with Crippen LogP contribution >= 0.6 is 11.6 Å². The van der Waals surface area contributed by atoms with Crippen molar-refractivity contribution in [1.82, 2.24) is 0 Å². The van der Waals surface area contributed by atoms with Crippen molar-refractivity contribution in [2.75, 3.05) is 0 Å². The van der Waals surface area contributed by atoms with Crippen molar-refractivity contribution in [2.24, 2.45) is 4.99 Å². The van der Waals surface area contributed by atoms with Crippen molar-refractivity contribution in [2.45, 2.75) is 24.8 Å². The second-order valence-electron chi connectivity index (χ2n) is 3.83. The minimum Gasteiger partial charge on any atom is -0.211 e. The Morgan fingerprint density at radius 2 is 2.00 bits per heavy atom. The zero-order chi connectivity index (χ0) is 11.8. The minimum atomic E-state index is -0.886. The molecule has 2 nitrogen and oxygen atoms in total. The van der Waals surface area contributed by atoms with Crippen LogP contribution in [0.25, 0.3) is 0 Å². The minimum absolute atomic E-state index is 0.163. The third-order valence-electron chi connectivity index (χ3n) is 2.95. The van der Waals surface area contributed by atoms with Gasteiger partial charge in [0.25, 0.3) is 0 Å². The molecule has 0 atom stereocenters. The van der Waals surface area contributed by atoms with Crippen LogP contribution in [-0.4, -0.2) is 6.08 Å². The van der Waals surface area contributed by atoms with Gasteiger partial charge in [0, 0.05) is 11.6 Å². The first-order valence-electron chi connectivity index (χ1n) is 4.83. The SMILES string of the molecule is O=C=NC1(c2cc(Cl)c(F)cc2F)CCC1. The number of hydrogen-bond donors (Lipinski definition) is 0. The summed E-state index contributed by atoms with van der Waals surface area (Å²) in [5.41, 5.74) is -0.711. The summed E-state index contributed by atoms with van der Waals surface area (Å²) < 4.78 is 26.6. The number of nitrogens with zero attached hydrogens (tertiary/aromatic N) is 1. The topological polar surface area (TPSA) is 29.4 Å². The summed E-state index contributed by atoms with van der Waals surface area (Å²) in [6, 6.07) is 1.92. The molecule has 0 radical (unpaired) electrons. The number of aliphatic imine (C=N–C) groups is 1. The highest BCUT2D eigenvalue weighted by atomic mass is 35.5. The molecule has 0 bridgehead atoms. The molecule has 84 valence electrons. The standard InChI is InChI=1S/C11H8ClF2NO/c12-8-4-7(9(13)5-10(8)14)11(15-6-16)2-1-3-11/h4-5H,1-3H2. The van der Waals surface area contributed by atoms with E-state index in [1.165, 1.54) is 12.1 Å². The molecule has 0 N–H and O–H groups in total. The first-order chi connectivity index (χ1) is 7.59. The Kier molecular flexibility index (Phi) is 2.78. The average molecular weight is 244 g/mol. The fourth-order valence-corrected chi connectivity index (χ4v) is 2.08. The summed E-state index contributed by atoms with van der Waals surface area (Å²) in [6.07, 6.45) is 3.40. The number of hydrogen-bond acceptors (Lipinski definition) is 2. The highest BCUT2D eigenvalue weighted by molar-refractivity contribution is 6.30. The molecule has 1 fully saturated rings. The summed E-state index contributed by atoms with van der Waals surface area (Å²) in [7, 11) is 0. The van der Waals surface area contributed by atoms with Crippen LogP contribution < -0.4 is 0 Å². The van der Waals surface area contributed by atoms with Crippen molar-refractivity contribution >= 4 is 17.7 Å². The predicted molar refractivity (Wildman–Crippen MR) is 55.0 cm³/mol. The molecule has 1 aromatic rings. The molecule has 0 heterocycles. The molecule has 1 aliphatic rings. The third kappa shape index (κ3) is 1.64. The van der Waals surface area contributed by atoms with Gasteiger partial charge < -0.3 is 0 Å². The first kappa shape index (κ1) is 11.2. The van der Waals surface area contributed by atoms with E-state index in [4.69, 9.17) is 11.6 Å². The fraction of sp³-hybridized carbons (Fsp3) is 0.364. The van der Waals surface area contributed by atoms with Crippen LogP contribution in [0.1, 0.15) is 24.8 Å². The van der Waals surface area contributed by atoms with Crippen LogP contribution in [0, 0.1) is 11.6 Å². The van der Waals surface area contributed by atoms with Crippen molar-refractivity contribution in [1.29, 1.82) is 0 Å². The second-order valence-corrected chi connectivity index (χ2v) is 4.24. The van der Waals surface area contributed by atoms with E-state index in [9.17, 15) is 13.6 Å². The molecule has 0 saturated heterocycles. The Hall–Kier alpha value is -1.25. The number of benzene rings is 1. The molecule has 5 heteroatoms. The van der Waals surface area contributed by atoms with Crippen molar-refractivity contribution in [3.8, 4) is 0 Å². The largest absolute Gasteiger partial charge is 0.235 e. The van der Waals surface area contributed by atoms with E-state index >= 15 is 0 Å². The molecular formula is C11H8ClF2NO. The Labute approximate surface area is 95.9 Å². The van der Waals surface area contributed by atoms with E-state index in [1.807, 2.05) is 0 Å². The third-order valence-corrected chi connectivity index (χ3v) is 3.24. The fourth-order valence-electron chi connectivity index (χ4n) is 1.92. The van der Waals surface area contributed by atoms with E-state index < -0.39 is 17.2 Å². The Bertz CT molecular complexity index is 479. The Morgan fingerprint density at radius 3 is 2.50 bits per heavy atom. The molecule has 0 amide bonds. The molecular weight excluding hydrogens is 236 g/mol. The maximum atomic E-state index is 13.6. The summed E-state index contributed by atoms with van der Waals surface area (Å²) in [5.74, 6) is -1.53. The quantitative estimate of drug-likeness (QED) is 0.445. The van der Waals surface area contributed by atoms with Crippen LogP contribution in [0.5, 0.6) is 0 Å². The Morgan fingerprint density at radius 1 is 1.31 bits per heavy atom. The van der Waals surface area contributed by atoms with Gasteiger partial charge in [-0.15, -0.1) is 0 Å². The van der Waals surface area contributed by atoms with Gasteiger partial charge in [0.1, 0.15) is 17.2 Å². The van der Waals surface area contributed by atoms with Crippen LogP contribution in [0.15, 0.2) is 17.1 Å². The molecule has 1 aromatic carbocycles. The van der Waals surface area contributed by atoms with E-state index in [1.54, 1.807) is 0 Å². The van der Waals surface area contributed by atoms with E-state index in [-0.39, 0.29) is 10.6 Å². The van der Waals surface area contributed by atoms with Crippen LogP contribution in [0.2, 0.25) is 5.02 Å². The second kappa shape index (κ2) is 3.96. The molecule has 0 aliphatic heterocycles. The molecule has 0 spiro atoms. The molecule has 16 heavy (non-hydrogen) atoms. The zero-order valence-electron chi connectivity index (χ0n) is 8.27. The number of isocyanates is 1. The van der Waals surface area contributed by atoms with Crippen molar-refractivity contribution < 1.29 is 13.6 Å². The van der Waals surface area contributed by atoms with Gasteiger partial charge in [-0.05, 0) is 25.3 Å². The van der Waals surface area contributed by atoms with Gasteiger partial charge >= 0.3 is 0 Å². The van der Waals surface area contributed by atoms with Gasteiger partial charge in [-0.25, -0.2) is 13.6 Å². The van der Waals surface area contributed by atoms with E-state index in [0.29, 0.717) is 12.8 Å². The highest BCUT2D eigenvalue weighted by Crippen LogP contribution is 2.46. The zero-order valence-corrected chi connectivity index (χ0v) is 9.02. The maximum Gasteiger partial charge on any atom is 0.235 e. The number of halogens is 3. The first-order valence-corrected chi connectivity index (χ1v) is 5.21. The van der Waals surface area contributed by atoms with Crippen molar-refractivity contribution in [3.05, 3.63) is 34.4 Å². The lowest BCUT2D eigenvalue weighted by Gasteiger charge is -2.37. The molecule has 1 saturated carbocycles. The maximum absolute atomic E-state index is 13.6. The Balaban J connectivity index is 2.54. The predicted octanol–water partition coefficient (Wildman–Crippen LogP) is 3.33. The van der Waals surface area contributed by atoms with Gasteiger partial charge in [-0.1, -0.05) is 11.6 Å². The normalized spacial score (nSPS) is 17.4. The lowest BCUT2D eigenvalue weighted by atomic mass is 9.72. The van der Waals surface area contributed by atoms with E-state index in [2.05, 4.69) is 4.99 Å². The molecule has 2 rings (SSSR count). The summed E-state index contributed by atoms with van der Waals surface area (Å²) in [6.45, 7) is 0. The lowest BCUT2D eigenvalue weighted by Crippen LogP contribution is -2.33. The number of rotatable bonds is 2. The van der Waals surface area contributed by atoms with E-state index in [0.717, 1.165) is 12.5 Å². The summed E-state index contributed by atoms with van der Waals surface area (Å²) >= 11 is 5.59. The summed E-state index contributed by atoms with van der Waals surface area (Å²) in [4.78, 5) is 14.0. The monoisotopic (exact) mass is 243 g/mol. The van der Waals surface area contributed by atoms with Gasteiger partial charge in [0.05, 0.1) is 5.02 Å². The lowest BCUT2D eigenvalue weighted by molar-refractivity contribution is 0.247. The van der Waals surface area contributed by atoms with Crippen LogP contribution in [-0.2, 0) is 10.3 Å². The molecule has 0 aromatic heterocycles. The number of carbonyl (C=O) groups excluding carboxylic acids is 1.